The molecule has 144 heavy (non-hydrogen) atoms. The van der Waals surface area contributed by atoms with E-state index in [2.05, 4.69) is 54.8 Å². The molecule has 33 atom stereocenters. The first kappa shape index (κ1) is 105. The number of aromatic amines is 4. The lowest BCUT2D eigenvalue weighted by Crippen LogP contribution is -2.39. The van der Waals surface area contributed by atoms with E-state index in [0.29, 0.717) is 18.3 Å². The molecule has 0 spiro atoms. The van der Waals surface area contributed by atoms with E-state index < -0.39 is 339 Å². The van der Waals surface area contributed by atoms with Gasteiger partial charge in [-0.05, 0) is 12.1 Å². The van der Waals surface area contributed by atoms with Crippen molar-refractivity contribution in [3.8, 4) is 0 Å². The number of hydrogen-bond donors (Lipinski definition) is 23. The first-order valence-corrected chi connectivity index (χ1v) is 50.5. The second-order valence-corrected chi connectivity index (χ2v) is 40.6. The number of rotatable bonds is 38. The third-order valence-electron chi connectivity index (χ3n) is 22.8. The summed E-state index contributed by atoms with van der Waals surface area (Å²) in [6.07, 6.45) is -49.7. The van der Waals surface area contributed by atoms with Gasteiger partial charge < -0.3 is 132 Å². The zero-order valence-corrected chi connectivity index (χ0v) is 77.5. The molecule has 7 saturated heterocycles. The van der Waals surface area contributed by atoms with Crippen LogP contribution in [0.5, 0.6) is 0 Å². The molecular weight excluding hydrogens is 2080 g/mol. The van der Waals surface area contributed by atoms with Crippen LogP contribution in [0.1, 0.15) is 50.0 Å². The molecule has 0 saturated carbocycles. The normalized spacial score (nSPS) is 32.4. The lowest BCUT2D eigenvalue weighted by molar-refractivity contribution is -0.0661. The van der Waals surface area contributed by atoms with Crippen molar-refractivity contribution >= 4 is 110 Å². The van der Waals surface area contributed by atoms with E-state index in [-0.39, 0.29) is 34.0 Å². The highest BCUT2D eigenvalue weighted by molar-refractivity contribution is 7.48. The van der Waals surface area contributed by atoms with Gasteiger partial charge in [-0.1, -0.05) is 0 Å². The SMILES string of the molecule is Nc1ccn([C@@H]2O[C@H](CO)C(OP(=O)(O)OC[C@H]3O[C@@H](n4cnc5c(=O)[nH]c(N)nc54)[C@@H](O)C3OP(=O)(O)OC[C@H]3O[C@@H](n4ccc(=O)[nH]c4=O)[C@@H](O)C3OP(=O)(O)OC[C@H]3O[C@@H](n4cnc5c(N)ncnc54)[C@@H](O)C3OP(=O)(O)OC[C@H]3O[C@@H](n4ccc(N)nc4=O)[C@@H](O)C3OP(=O)(O)OC[C@H]3O[C@@H](n4cnc5c(=O)[nH]c(N)nc54)C[C@H]3OP(=O)(O)OC[C@H]3O[C@@H](n4ccc(=O)[nH]c4=O)[C@@H](O)C3O)[C@@H]2O)c(=O)n1. The molecule has 72 nitrogen and oxygen atoms in total. The minimum absolute atomic E-state index is 0.163. The Morgan fingerprint density at radius 2 is 0.674 bits per heavy atom. The molecule has 7 fully saturated rings. The number of phosphoric acid groups is 6. The molecule has 7 aliphatic rings. The molecule has 78 heteroatoms. The van der Waals surface area contributed by atoms with E-state index in [0.717, 1.165) is 88.1 Å². The quantitative estimate of drug-likeness (QED) is 0.0160. The summed E-state index contributed by atoms with van der Waals surface area (Å²) in [5, 5.41) is 91.3. The highest BCUT2D eigenvalue weighted by Gasteiger charge is 2.59. The second kappa shape index (κ2) is 40.9. The van der Waals surface area contributed by atoms with Crippen LogP contribution in [0.2, 0.25) is 0 Å². The summed E-state index contributed by atoms with van der Waals surface area (Å²) in [4.78, 5) is 214. The first-order valence-electron chi connectivity index (χ1n) is 41.5. The van der Waals surface area contributed by atoms with Crippen molar-refractivity contribution in [1.29, 1.82) is 0 Å². The molecule has 10 aromatic rings. The first-order chi connectivity index (χ1) is 67.9. The second-order valence-electron chi connectivity index (χ2n) is 32.2. The van der Waals surface area contributed by atoms with E-state index in [1.54, 1.807) is 0 Å². The minimum Gasteiger partial charge on any atom is -0.394 e. The Kier molecular flexibility index (Phi) is 29.8. The molecule has 12 unspecified atom stereocenters. The number of nitrogens with one attached hydrogen (secondary N) is 4. The number of nitrogen functional groups attached to an aromatic ring is 5. The van der Waals surface area contributed by atoms with Gasteiger partial charge in [-0.3, -0.25) is 125 Å². The third kappa shape index (κ3) is 22.1. The predicted molar refractivity (Wildman–Crippen MR) is 458 cm³/mol. The summed E-state index contributed by atoms with van der Waals surface area (Å²) >= 11 is 0. The van der Waals surface area contributed by atoms with Gasteiger partial charge in [-0.2, -0.15) is 19.9 Å². The highest BCUT2D eigenvalue weighted by atomic mass is 31.2. The Balaban J connectivity index is 0.596. The number of aliphatic hydroxyl groups excluding tert-OH is 8. The molecule has 7 aliphatic heterocycles. The van der Waals surface area contributed by atoms with Gasteiger partial charge in [0.2, 0.25) is 11.9 Å². The van der Waals surface area contributed by atoms with Gasteiger partial charge in [0.15, 0.2) is 71.2 Å². The molecule has 0 amide bonds. The molecule has 17 heterocycles. The van der Waals surface area contributed by atoms with Gasteiger partial charge >= 0.3 is 69.7 Å². The van der Waals surface area contributed by atoms with E-state index >= 15 is 0 Å². The standard InChI is InChI=1S/C66H83N25O47P6/c67-29-1-5-85(63(104)77-29)56-39(97)44(22(10-92)127-56)134-141(112,113)122-16-28-48(43(101)60(132-28)91-20-76-36-52(91)82-62(71)84-54(36)103)138-144(118,119)124-14-26-46(41(99)58(130-26)88-8-4-32(94)80-66(88)107)136-142(114,115)125-15-27-47(42(100)59(131-27)90-19-74-34-49(69)72-17-73-50(34)90)137-143(116,117)123-13-25-45(40(98)57(129-25)86-6-2-30(68)78-64(86)105)135-140(110,111)120-11-23-21(9-33(126-23)89-18-75-35-51(89)81-61(70)83-53(35)102)133-139(108,109)121-12-24-37(95)38(96)55(128-24)87-7-3-31(93)79-65(87)106/h1-8,17-28,33,37-48,55-60,92,95-101H,9-16H2,(H,108,109)(H,110,111)(H,112,113)(H,114,115)(H,116,117)(H,118,119)(H2,67,77,104)(H2,68,78,105)(H2,69,72,73)(H,79,93,106)(H,80,94,107)(H3,70,81,83,102)(H3,71,82,84,103)/t21-,22-,23-,24-,25-,26-,27-,28-,33-,37?,38+,39+,40+,41+,42+,43+,44?,45?,46?,47?,48?,55-,56-,57-,58-,59-,60-/m1/s1. The summed E-state index contributed by atoms with van der Waals surface area (Å²) < 4.78 is 196. The lowest BCUT2D eigenvalue weighted by atomic mass is 10.1. The van der Waals surface area contributed by atoms with Crippen LogP contribution >= 0.6 is 46.9 Å². The van der Waals surface area contributed by atoms with E-state index in [9.17, 15) is 136 Å². The largest absolute Gasteiger partial charge is 0.472 e. The zero-order valence-electron chi connectivity index (χ0n) is 72.1. The average Bonchev–Trinajstić information content (AvgIpc) is 1.61. The van der Waals surface area contributed by atoms with Crippen molar-refractivity contribution in [2.75, 3.05) is 74.9 Å². The lowest BCUT2D eigenvalue weighted by Gasteiger charge is -2.27. The van der Waals surface area contributed by atoms with Crippen molar-refractivity contribution in [3.63, 3.8) is 0 Å². The van der Waals surface area contributed by atoms with Crippen molar-refractivity contribution in [2.24, 2.45) is 0 Å². The van der Waals surface area contributed by atoms with Crippen LogP contribution in [0.25, 0.3) is 33.5 Å². The van der Waals surface area contributed by atoms with Crippen LogP contribution in [0.4, 0.5) is 29.4 Å². The Labute approximate surface area is 793 Å². The summed E-state index contributed by atoms with van der Waals surface area (Å²) in [6.45, 7) is -9.24. The molecule has 0 aromatic carbocycles. The number of anilines is 5. The van der Waals surface area contributed by atoms with Gasteiger partial charge in [-0.15, -0.1) is 0 Å². The number of ether oxygens (including phenoxy) is 7. The Morgan fingerprint density at radius 3 is 1.08 bits per heavy atom. The van der Waals surface area contributed by atoms with Crippen molar-refractivity contribution in [2.45, 2.75) is 172 Å². The number of imidazole rings is 3. The number of aromatic nitrogens is 20. The van der Waals surface area contributed by atoms with Crippen LogP contribution in [-0.2, 0) is 115 Å². The maximum absolute atomic E-state index is 14.6. The van der Waals surface area contributed by atoms with Crippen LogP contribution in [0, 0.1) is 0 Å². The monoisotopic (exact) mass is 2160 g/mol. The van der Waals surface area contributed by atoms with Gasteiger partial charge in [0.25, 0.3) is 22.2 Å². The Morgan fingerprint density at radius 1 is 0.347 bits per heavy atom. The highest BCUT2D eigenvalue weighted by Crippen LogP contribution is 2.58. The summed E-state index contributed by atoms with van der Waals surface area (Å²) in [5.41, 5.74) is 18.6. The van der Waals surface area contributed by atoms with E-state index in [1.807, 2.05) is 9.97 Å². The maximum Gasteiger partial charge on any atom is 0.472 e. The van der Waals surface area contributed by atoms with E-state index in [4.69, 9.17) is 116 Å². The predicted octanol–water partition coefficient (Wildman–Crippen LogP) is -10.2. The number of nitrogens with two attached hydrogens (primary N) is 5. The molecule has 28 N–H and O–H groups in total. The molecule has 10 aromatic heterocycles. The van der Waals surface area contributed by atoms with Crippen LogP contribution in [0.15, 0.2) is 113 Å². The smallest absolute Gasteiger partial charge is 0.394 e. The maximum atomic E-state index is 14.6. The van der Waals surface area contributed by atoms with Gasteiger partial charge in [0, 0.05) is 43.3 Å². The summed E-state index contributed by atoms with van der Waals surface area (Å²) in [5.74, 6) is -1.89. The molecule has 0 radical (unpaired) electrons. The van der Waals surface area contributed by atoms with Gasteiger partial charge in [0.05, 0.1) is 65.2 Å². The molecule has 17 rings (SSSR count). The fourth-order valence-corrected chi connectivity index (χ4v) is 22.1. The topological polar surface area (TPSA) is 1040 Å². The number of nitrogens with zero attached hydrogens (tertiary/aromatic N) is 16. The summed E-state index contributed by atoms with van der Waals surface area (Å²) in [7, 11) is -35.4. The fourth-order valence-electron chi connectivity index (χ4n) is 16.3. The zero-order chi connectivity index (χ0) is 103. The van der Waals surface area contributed by atoms with Crippen LogP contribution in [-0.4, -0.2) is 335 Å². The number of H-pyrrole nitrogens is 4. The number of hydrogen-bond acceptors (Lipinski definition) is 55. The number of aliphatic hydroxyl groups is 8. The number of fused-ring (bicyclic) bond motifs is 3. The molecule has 784 valence electrons. The molecular formula is C66H83N25O47P6. The van der Waals surface area contributed by atoms with Crippen molar-refractivity contribution in [1.82, 2.24) is 96.8 Å². The van der Waals surface area contributed by atoms with Crippen LogP contribution < -0.4 is 73.7 Å². The van der Waals surface area contributed by atoms with Gasteiger partial charge in [-0.25, -0.2) is 71.5 Å². The fraction of sp³-hybridized carbons (Fsp3) is 0.530. The minimum atomic E-state index is -6.10. The van der Waals surface area contributed by atoms with Crippen molar-refractivity contribution < 1.29 is 185 Å². The average molecular weight is 2160 g/mol. The Hall–Kier alpha value is -10.6. The molecule has 0 aliphatic carbocycles. The molecule has 0 bridgehead atoms. The Bertz CT molecular complexity index is 7330. The van der Waals surface area contributed by atoms with E-state index in [1.165, 1.54) is 0 Å². The summed E-state index contributed by atoms with van der Waals surface area (Å²) in [6, 6.07) is 3.73. The number of phosphoric ester groups is 6. The van der Waals surface area contributed by atoms with Crippen molar-refractivity contribution in [3.05, 3.63) is 158 Å². The third-order valence-corrected chi connectivity index (χ3v) is 28.8. The van der Waals surface area contributed by atoms with Gasteiger partial charge in [0.1, 0.15) is 152 Å². The van der Waals surface area contributed by atoms with Crippen LogP contribution in [0.3, 0.4) is 0 Å².